The third-order valence-corrected chi connectivity index (χ3v) is 4.32. The van der Waals surface area contributed by atoms with Gasteiger partial charge in [0.05, 0.1) is 0 Å². The number of piperazine rings is 1. The molecule has 0 aromatic carbocycles. The molecule has 0 amide bonds. The summed E-state index contributed by atoms with van der Waals surface area (Å²) in [4.78, 5) is 17.9. The molecule has 1 fully saturated rings. The summed E-state index contributed by atoms with van der Waals surface area (Å²) >= 11 is 0. The standard InChI is InChI=1S/C17H27N7O/c1-13(2)16-21-15(25-22-16)4-5-18-10-14-11-19-17(20-12-14)24-8-6-23(3)7-9-24/h11-13,18H,4-10H2,1-3H3. The molecule has 1 aliphatic heterocycles. The van der Waals surface area contributed by atoms with Crippen LogP contribution in [0.15, 0.2) is 16.9 Å². The Hall–Kier alpha value is -2.06. The van der Waals surface area contributed by atoms with Crippen LogP contribution >= 0.6 is 0 Å². The van der Waals surface area contributed by atoms with E-state index in [0.29, 0.717) is 11.8 Å². The molecule has 0 aliphatic carbocycles. The van der Waals surface area contributed by atoms with Gasteiger partial charge in [0.2, 0.25) is 11.8 Å². The zero-order chi connectivity index (χ0) is 17.6. The maximum Gasteiger partial charge on any atom is 0.227 e. The molecule has 3 rings (SSSR count). The first-order valence-corrected chi connectivity index (χ1v) is 8.89. The van der Waals surface area contributed by atoms with Crippen LogP contribution in [0.1, 0.15) is 37.0 Å². The largest absolute Gasteiger partial charge is 0.339 e. The van der Waals surface area contributed by atoms with Crippen molar-refractivity contribution in [1.82, 2.24) is 30.3 Å². The van der Waals surface area contributed by atoms with Crippen molar-refractivity contribution in [3.8, 4) is 0 Å². The van der Waals surface area contributed by atoms with Gasteiger partial charge in [0.25, 0.3) is 0 Å². The van der Waals surface area contributed by atoms with Crippen LogP contribution in [0.25, 0.3) is 0 Å². The van der Waals surface area contributed by atoms with Crippen molar-refractivity contribution < 1.29 is 4.52 Å². The highest BCUT2D eigenvalue weighted by atomic mass is 16.5. The van der Waals surface area contributed by atoms with E-state index in [4.69, 9.17) is 4.52 Å². The van der Waals surface area contributed by atoms with Gasteiger partial charge in [-0.1, -0.05) is 19.0 Å². The van der Waals surface area contributed by atoms with Crippen LogP contribution in [0.3, 0.4) is 0 Å². The third-order valence-electron chi connectivity index (χ3n) is 4.32. The van der Waals surface area contributed by atoms with Crippen LogP contribution in [0.4, 0.5) is 5.95 Å². The molecular formula is C17H27N7O. The molecule has 0 spiro atoms. The number of likely N-dealkylation sites (N-methyl/N-ethyl adjacent to an activating group) is 1. The number of hydrogen-bond donors (Lipinski definition) is 1. The van der Waals surface area contributed by atoms with Crippen LogP contribution in [0.2, 0.25) is 0 Å². The van der Waals surface area contributed by atoms with Gasteiger partial charge in [0.1, 0.15) is 0 Å². The average molecular weight is 345 g/mol. The van der Waals surface area contributed by atoms with Crippen molar-refractivity contribution in [1.29, 1.82) is 0 Å². The van der Waals surface area contributed by atoms with Crippen molar-refractivity contribution in [3.63, 3.8) is 0 Å². The lowest BCUT2D eigenvalue weighted by atomic mass is 10.2. The normalized spacial score (nSPS) is 15.9. The second kappa shape index (κ2) is 8.35. The van der Waals surface area contributed by atoms with Gasteiger partial charge < -0.3 is 19.6 Å². The zero-order valence-electron chi connectivity index (χ0n) is 15.3. The van der Waals surface area contributed by atoms with Crippen LogP contribution in [-0.2, 0) is 13.0 Å². The number of aromatic nitrogens is 4. The Morgan fingerprint density at radius 3 is 2.52 bits per heavy atom. The van der Waals surface area contributed by atoms with E-state index in [9.17, 15) is 0 Å². The molecule has 3 heterocycles. The van der Waals surface area contributed by atoms with Gasteiger partial charge in [-0.25, -0.2) is 9.97 Å². The molecule has 0 bridgehead atoms. The molecule has 25 heavy (non-hydrogen) atoms. The number of nitrogens with zero attached hydrogens (tertiary/aromatic N) is 6. The molecule has 1 saturated heterocycles. The van der Waals surface area contributed by atoms with Crippen LogP contribution in [0, 0.1) is 0 Å². The van der Waals surface area contributed by atoms with Gasteiger partial charge in [-0.05, 0) is 7.05 Å². The molecular weight excluding hydrogens is 318 g/mol. The summed E-state index contributed by atoms with van der Waals surface area (Å²) in [5.41, 5.74) is 1.08. The highest BCUT2D eigenvalue weighted by molar-refractivity contribution is 5.30. The smallest absolute Gasteiger partial charge is 0.227 e. The van der Waals surface area contributed by atoms with Crippen molar-refractivity contribution in [3.05, 3.63) is 29.7 Å². The fourth-order valence-electron chi connectivity index (χ4n) is 2.64. The third kappa shape index (κ3) is 4.96. The second-order valence-corrected chi connectivity index (χ2v) is 6.81. The van der Waals surface area contributed by atoms with Crippen molar-refractivity contribution >= 4 is 5.95 Å². The van der Waals surface area contributed by atoms with Gasteiger partial charge in [-0.2, -0.15) is 4.98 Å². The Morgan fingerprint density at radius 2 is 1.88 bits per heavy atom. The first-order valence-electron chi connectivity index (χ1n) is 8.89. The fourth-order valence-corrected chi connectivity index (χ4v) is 2.64. The first kappa shape index (κ1) is 17.8. The second-order valence-electron chi connectivity index (χ2n) is 6.81. The Bertz CT molecular complexity index is 647. The van der Waals surface area contributed by atoms with E-state index in [1.165, 1.54) is 0 Å². The number of anilines is 1. The SMILES string of the molecule is CC(C)c1noc(CCNCc2cnc(N3CCN(C)CC3)nc2)n1. The van der Waals surface area contributed by atoms with Gasteiger partial charge >= 0.3 is 0 Å². The predicted molar refractivity (Wildman–Crippen MR) is 95.5 cm³/mol. The lowest BCUT2D eigenvalue weighted by Crippen LogP contribution is -2.45. The van der Waals surface area contributed by atoms with E-state index in [1.807, 2.05) is 12.4 Å². The maximum absolute atomic E-state index is 5.23. The molecule has 0 saturated carbocycles. The molecule has 136 valence electrons. The summed E-state index contributed by atoms with van der Waals surface area (Å²) in [6.07, 6.45) is 4.52. The molecule has 0 atom stereocenters. The van der Waals surface area contributed by atoms with Crippen molar-refractivity contribution in [2.24, 2.45) is 0 Å². The minimum atomic E-state index is 0.293. The molecule has 8 nitrogen and oxygen atoms in total. The summed E-state index contributed by atoms with van der Waals surface area (Å²) < 4.78 is 5.23. The van der Waals surface area contributed by atoms with Gasteiger partial charge in [-0.3, -0.25) is 0 Å². The van der Waals surface area contributed by atoms with Crippen molar-refractivity contribution in [2.45, 2.75) is 32.7 Å². The van der Waals surface area contributed by atoms with E-state index < -0.39 is 0 Å². The topological polar surface area (TPSA) is 83.2 Å². The summed E-state index contributed by atoms with van der Waals surface area (Å²) in [5, 5.41) is 7.34. The van der Waals surface area contributed by atoms with Gasteiger partial charge in [-0.15, -0.1) is 0 Å². The summed E-state index contributed by atoms with van der Waals surface area (Å²) in [7, 11) is 2.14. The van der Waals surface area contributed by atoms with E-state index in [-0.39, 0.29) is 0 Å². The number of hydrogen-bond acceptors (Lipinski definition) is 8. The molecule has 1 N–H and O–H groups in total. The minimum absolute atomic E-state index is 0.293. The van der Waals surface area contributed by atoms with E-state index in [1.54, 1.807) is 0 Å². The zero-order valence-corrected chi connectivity index (χ0v) is 15.3. The molecule has 8 heteroatoms. The first-order chi connectivity index (χ1) is 12.1. The lowest BCUT2D eigenvalue weighted by molar-refractivity contribution is 0.311. The van der Waals surface area contributed by atoms with E-state index in [0.717, 1.165) is 63.0 Å². The fraction of sp³-hybridized carbons (Fsp3) is 0.647. The summed E-state index contributed by atoms with van der Waals surface area (Å²) in [6, 6.07) is 0. The molecule has 2 aromatic heterocycles. The van der Waals surface area contributed by atoms with Crippen LogP contribution < -0.4 is 10.2 Å². The summed E-state index contributed by atoms with van der Waals surface area (Å²) in [6.45, 7) is 9.69. The van der Waals surface area contributed by atoms with Crippen molar-refractivity contribution in [2.75, 3.05) is 44.7 Å². The lowest BCUT2D eigenvalue weighted by Gasteiger charge is -2.32. The van der Waals surface area contributed by atoms with E-state index >= 15 is 0 Å². The summed E-state index contributed by atoms with van der Waals surface area (Å²) in [5.74, 6) is 2.56. The Balaban J connectivity index is 1.41. The highest BCUT2D eigenvalue weighted by Gasteiger charge is 2.16. The average Bonchev–Trinajstić information content (AvgIpc) is 3.09. The highest BCUT2D eigenvalue weighted by Crippen LogP contribution is 2.11. The maximum atomic E-state index is 5.23. The van der Waals surface area contributed by atoms with Crippen LogP contribution in [0.5, 0.6) is 0 Å². The monoisotopic (exact) mass is 345 g/mol. The predicted octanol–water partition coefficient (Wildman–Crippen LogP) is 1.07. The Labute approximate surface area is 148 Å². The molecule has 1 aliphatic rings. The molecule has 2 aromatic rings. The van der Waals surface area contributed by atoms with Crippen LogP contribution in [-0.4, -0.2) is 64.8 Å². The Morgan fingerprint density at radius 1 is 1.16 bits per heavy atom. The number of nitrogens with one attached hydrogen (secondary N) is 1. The molecule has 0 radical (unpaired) electrons. The Kier molecular flexibility index (Phi) is 5.93. The molecule has 0 unspecified atom stereocenters. The number of rotatable bonds is 7. The van der Waals surface area contributed by atoms with Gasteiger partial charge in [0, 0.05) is 69.6 Å². The quantitative estimate of drug-likeness (QED) is 0.746. The van der Waals surface area contributed by atoms with Gasteiger partial charge in [0.15, 0.2) is 5.82 Å². The van der Waals surface area contributed by atoms with E-state index in [2.05, 4.69) is 56.1 Å². The minimum Gasteiger partial charge on any atom is -0.339 e.